The third-order valence-electron chi connectivity index (χ3n) is 3.59. The summed E-state index contributed by atoms with van der Waals surface area (Å²) in [5.74, 6) is 0.0831. The van der Waals surface area contributed by atoms with E-state index in [4.69, 9.17) is 0 Å². The van der Waals surface area contributed by atoms with Gasteiger partial charge in [0.25, 0.3) is 0 Å². The van der Waals surface area contributed by atoms with Crippen LogP contribution < -0.4 is 4.90 Å². The molecule has 3 nitrogen and oxygen atoms in total. The minimum Gasteiger partial charge on any atom is -0.273 e. The van der Waals surface area contributed by atoms with Gasteiger partial charge < -0.3 is 0 Å². The van der Waals surface area contributed by atoms with Crippen LogP contribution in [0.5, 0.6) is 0 Å². The van der Waals surface area contributed by atoms with E-state index in [-0.39, 0.29) is 11.2 Å². The zero-order valence-corrected chi connectivity index (χ0v) is 13.7. The summed E-state index contributed by atoms with van der Waals surface area (Å²) in [6.45, 7) is 6.01. The van der Waals surface area contributed by atoms with Crippen LogP contribution >= 0.6 is 11.8 Å². The Morgan fingerprint density at radius 3 is 2.09 bits per heavy atom. The minimum absolute atomic E-state index is 0.0831. The van der Waals surface area contributed by atoms with E-state index < -0.39 is 0 Å². The van der Waals surface area contributed by atoms with E-state index in [1.165, 1.54) is 22.9 Å². The molecule has 1 amide bonds. The van der Waals surface area contributed by atoms with Gasteiger partial charge in [-0.3, -0.25) is 9.69 Å². The fourth-order valence-electron chi connectivity index (χ4n) is 2.27. The minimum atomic E-state index is -0.106. The zero-order chi connectivity index (χ0) is 15.7. The van der Waals surface area contributed by atoms with Crippen molar-refractivity contribution < 1.29 is 4.79 Å². The number of thioether (sulfide) groups is 1. The molecule has 1 saturated heterocycles. The second-order valence-electron chi connectivity index (χ2n) is 5.50. The van der Waals surface area contributed by atoms with Crippen LogP contribution in [0.25, 0.3) is 0 Å². The molecule has 0 spiro atoms. The summed E-state index contributed by atoms with van der Waals surface area (Å²) in [7, 11) is 0. The number of aliphatic imine (C=N–C) groups is 1. The van der Waals surface area contributed by atoms with E-state index in [2.05, 4.69) is 4.99 Å². The molecule has 0 saturated carbocycles. The Kier molecular flexibility index (Phi) is 4.03. The molecule has 0 aliphatic carbocycles. The Morgan fingerprint density at radius 1 is 0.955 bits per heavy atom. The molecular weight excluding hydrogens is 292 g/mol. The van der Waals surface area contributed by atoms with Crippen molar-refractivity contribution in [2.75, 3.05) is 4.90 Å². The van der Waals surface area contributed by atoms with Crippen molar-refractivity contribution in [2.45, 2.75) is 26.0 Å². The molecule has 0 bridgehead atoms. The SMILES string of the molecule is Cc1ccc(N=C2SC(C)C(=O)N2c2ccc(C)cc2)cc1. The molecule has 3 rings (SSSR count). The van der Waals surface area contributed by atoms with Gasteiger partial charge in [0.2, 0.25) is 5.91 Å². The molecular formula is C18H18N2OS. The molecule has 1 aliphatic heterocycles. The number of carbonyl (C=O) groups excluding carboxylic acids is 1. The number of amidine groups is 1. The highest BCUT2D eigenvalue weighted by Crippen LogP contribution is 2.33. The van der Waals surface area contributed by atoms with E-state index in [1.807, 2.05) is 69.3 Å². The maximum absolute atomic E-state index is 12.5. The first-order valence-electron chi connectivity index (χ1n) is 7.27. The highest BCUT2D eigenvalue weighted by atomic mass is 32.2. The van der Waals surface area contributed by atoms with Crippen molar-refractivity contribution in [3.8, 4) is 0 Å². The summed E-state index contributed by atoms with van der Waals surface area (Å²) in [4.78, 5) is 18.9. The van der Waals surface area contributed by atoms with Crippen LogP contribution in [0.4, 0.5) is 11.4 Å². The predicted molar refractivity (Wildman–Crippen MR) is 94.0 cm³/mol. The smallest absolute Gasteiger partial charge is 0.246 e. The normalized spacial score (nSPS) is 20.0. The molecule has 1 atom stereocenters. The number of hydrogen-bond acceptors (Lipinski definition) is 3. The first kappa shape index (κ1) is 14.9. The van der Waals surface area contributed by atoms with Gasteiger partial charge >= 0.3 is 0 Å². The maximum Gasteiger partial charge on any atom is 0.246 e. The number of benzene rings is 2. The molecule has 0 radical (unpaired) electrons. The van der Waals surface area contributed by atoms with Crippen LogP contribution in [0.15, 0.2) is 53.5 Å². The van der Waals surface area contributed by atoms with Crippen molar-refractivity contribution in [3.05, 3.63) is 59.7 Å². The van der Waals surface area contributed by atoms with Gasteiger partial charge in [0, 0.05) is 0 Å². The van der Waals surface area contributed by atoms with E-state index in [0.29, 0.717) is 0 Å². The van der Waals surface area contributed by atoms with Gasteiger partial charge in [-0.1, -0.05) is 47.2 Å². The summed E-state index contributed by atoms with van der Waals surface area (Å²) >= 11 is 1.51. The third kappa shape index (κ3) is 2.92. The second-order valence-corrected chi connectivity index (χ2v) is 6.81. The van der Waals surface area contributed by atoms with Gasteiger partial charge in [0.15, 0.2) is 5.17 Å². The van der Waals surface area contributed by atoms with Crippen molar-refractivity contribution in [1.29, 1.82) is 0 Å². The predicted octanol–water partition coefficient (Wildman–Crippen LogP) is 4.46. The molecule has 1 aliphatic rings. The Morgan fingerprint density at radius 2 is 1.50 bits per heavy atom. The Balaban J connectivity index is 1.99. The number of aryl methyl sites for hydroxylation is 2. The van der Waals surface area contributed by atoms with Gasteiger partial charge in [-0.25, -0.2) is 4.99 Å². The number of carbonyl (C=O) groups is 1. The Hall–Kier alpha value is -2.07. The van der Waals surface area contributed by atoms with E-state index in [1.54, 1.807) is 4.90 Å². The van der Waals surface area contributed by atoms with E-state index in [9.17, 15) is 4.79 Å². The molecule has 2 aromatic rings. The van der Waals surface area contributed by atoms with Crippen LogP contribution in [0.2, 0.25) is 0 Å². The number of rotatable bonds is 2. The summed E-state index contributed by atoms with van der Waals surface area (Å²) in [5, 5.41) is 0.635. The summed E-state index contributed by atoms with van der Waals surface area (Å²) in [5.41, 5.74) is 4.11. The lowest BCUT2D eigenvalue weighted by Crippen LogP contribution is -2.31. The molecule has 0 aromatic heterocycles. The fraction of sp³-hybridized carbons (Fsp3) is 0.222. The fourth-order valence-corrected chi connectivity index (χ4v) is 3.26. The summed E-state index contributed by atoms with van der Waals surface area (Å²) in [6, 6.07) is 16.0. The zero-order valence-electron chi connectivity index (χ0n) is 12.9. The summed E-state index contributed by atoms with van der Waals surface area (Å²) in [6.07, 6.45) is 0. The first-order valence-corrected chi connectivity index (χ1v) is 8.15. The lowest BCUT2D eigenvalue weighted by atomic mass is 10.2. The molecule has 1 fully saturated rings. The highest BCUT2D eigenvalue weighted by molar-refractivity contribution is 8.16. The van der Waals surface area contributed by atoms with Gasteiger partial charge in [-0.2, -0.15) is 0 Å². The topological polar surface area (TPSA) is 32.7 Å². The van der Waals surface area contributed by atoms with Crippen LogP contribution in [-0.2, 0) is 4.79 Å². The number of anilines is 1. The third-order valence-corrected chi connectivity index (χ3v) is 4.63. The van der Waals surface area contributed by atoms with Gasteiger partial charge in [-0.15, -0.1) is 0 Å². The quantitative estimate of drug-likeness (QED) is 0.820. The molecule has 112 valence electrons. The molecule has 22 heavy (non-hydrogen) atoms. The van der Waals surface area contributed by atoms with Crippen molar-refractivity contribution >= 4 is 34.2 Å². The maximum atomic E-state index is 12.5. The average Bonchev–Trinajstić information content (AvgIpc) is 2.77. The highest BCUT2D eigenvalue weighted by Gasteiger charge is 2.36. The summed E-state index contributed by atoms with van der Waals surface area (Å²) < 4.78 is 0. The van der Waals surface area contributed by atoms with Crippen molar-refractivity contribution in [2.24, 2.45) is 4.99 Å². The molecule has 1 unspecified atom stereocenters. The van der Waals surface area contributed by atoms with Gasteiger partial charge in [0.1, 0.15) is 0 Å². The monoisotopic (exact) mass is 310 g/mol. The van der Waals surface area contributed by atoms with Crippen LogP contribution in [0, 0.1) is 13.8 Å². The number of nitrogens with zero attached hydrogens (tertiary/aromatic N) is 2. The lowest BCUT2D eigenvalue weighted by Gasteiger charge is -2.16. The molecule has 1 heterocycles. The standard InChI is InChI=1S/C18H18N2OS/c1-12-4-8-15(9-5-12)19-18-20(17(21)14(3)22-18)16-10-6-13(2)7-11-16/h4-11,14H,1-3H3. The Bertz CT molecular complexity index is 720. The largest absolute Gasteiger partial charge is 0.273 e. The van der Waals surface area contributed by atoms with Crippen LogP contribution in [0.3, 0.4) is 0 Å². The average molecular weight is 310 g/mol. The van der Waals surface area contributed by atoms with Crippen molar-refractivity contribution in [1.82, 2.24) is 0 Å². The van der Waals surface area contributed by atoms with Crippen LogP contribution in [0.1, 0.15) is 18.1 Å². The van der Waals surface area contributed by atoms with E-state index in [0.717, 1.165) is 16.5 Å². The Labute approximate surface area is 135 Å². The van der Waals surface area contributed by atoms with E-state index >= 15 is 0 Å². The number of hydrogen-bond donors (Lipinski definition) is 0. The lowest BCUT2D eigenvalue weighted by molar-refractivity contribution is -0.116. The van der Waals surface area contributed by atoms with Gasteiger partial charge in [0.05, 0.1) is 16.6 Å². The van der Waals surface area contributed by atoms with Crippen LogP contribution in [-0.4, -0.2) is 16.3 Å². The van der Waals surface area contributed by atoms with Gasteiger partial charge in [-0.05, 0) is 45.0 Å². The molecule has 0 N–H and O–H groups in total. The second kappa shape index (κ2) is 5.97. The molecule has 2 aromatic carbocycles. The first-order chi connectivity index (χ1) is 10.5. The van der Waals surface area contributed by atoms with Crippen molar-refractivity contribution in [3.63, 3.8) is 0 Å². The molecule has 4 heteroatoms. The number of amides is 1.